The maximum Gasteiger partial charge on any atom is 0.257 e. The number of rotatable bonds is 1. The Hall–Kier alpha value is -1.32. The molecule has 1 aromatic rings. The standard InChI is InChI=1S/C11H17N3O/c1-8-10(9(2)13(3)12-8)11(15)14-6-4-5-7-14/h4-7H2,1-3H3. The van der Waals surface area contributed by atoms with Gasteiger partial charge in [-0.15, -0.1) is 0 Å². The Bertz CT molecular complexity index is 389. The largest absolute Gasteiger partial charge is 0.339 e. The summed E-state index contributed by atoms with van der Waals surface area (Å²) in [5.74, 6) is 0.149. The number of hydrogen-bond acceptors (Lipinski definition) is 2. The minimum atomic E-state index is 0.149. The van der Waals surface area contributed by atoms with Crippen LogP contribution < -0.4 is 0 Å². The van der Waals surface area contributed by atoms with Gasteiger partial charge in [-0.2, -0.15) is 5.10 Å². The molecule has 15 heavy (non-hydrogen) atoms. The van der Waals surface area contributed by atoms with E-state index >= 15 is 0 Å². The van der Waals surface area contributed by atoms with Crippen LogP contribution in [-0.4, -0.2) is 33.7 Å². The highest BCUT2D eigenvalue weighted by atomic mass is 16.2. The van der Waals surface area contributed by atoms with E-state index in [2.05, 4.69) is 5.10 Å². The van der Waals surface area contributed by atoms with E-state index in [-0.39, 0.29) is 5.91 Å². The van der Waals surface area contributed by atoms with Gasteiger partial charge in [-0.25, -0.2) is 0 Å². The van der Waals surface area contributed by atoms with Crippen molar-refractivity contribution in [3.63, 3.8) is 0 Å². The maximum atomic E-state index is 12.2. The van der Waals surface area contributed by atoms with Crippen molar-refractivity contribution in [2.24, 2.45) is 7.05 Å². The lowest BCUT2D eigenvalue weighted by Crippen LogP contribution is -2.28. The molecule has 1 aliphatic heterocycles. The van der Waals surface area contributed by atoms with Crippen molar-refractivity contribution in [3.05, 3.63) is 17.0 Å². The van der Waals surface area contributed by atoms with Crippen LogP contribution in [0.25, 0.3) is 0 Å². The van der Waals surface area contributed by atoms with Crippen molar-refractivity contribution < 1.29 is 4.79 Å². The van der Waals surface area contributed by atoms with Crippen molar-refractivity contribution in [3.8, 4) is 0 Å². The van der Waals surface area contributed by atoms with Gasteiger partial charge in [-0.05, 0) is 26.7 Å². The third-order valence-corrected chi connectivity index (χ3v) is 3.12. The quantitative estimate of drug-likeness (QED) is 0.695. The molecule has 0 bridgehead atoms. The molecule has 1 amide bonds. The van der Waals surface area contributed by atoms with Crippen LogP contribution in [0.2, 0.25) is 0 Å². The van der Waals surface area contributed by atoms with Gasteiger partial charge in [0.15, 0.2) is 0 Å². The first kappa shape index (κ1) is 10.2. The lowest BCUT2D eigenvalue weighted by molar-refractivity contribution is 0.0791. The monoisotopic (exact) mass is 207 g/mol. The predicted octanol–water partition coefficient (Wildman–Crippen LogP) is 1.27. The van der Waals surface area contributed by atoms with Crippen molar-refractivity contribution in [2.75, 3.05) is 13.1 Å². The Morgan fingerprint density at radius 1 is 1.27 bits per heavy atom. The molecule has 2 heterocycles. The molecule has 1 aromatic heterocycles. The van der Waals surface area contributed by atoms with Crippen LogP contribution in [0.5, 0.6) is 0 Å². The molecular formula is C11H17N3O. The molecule has 0 atom stereocenters. The summed E-state index contributed by atoms with van der Waals surface area (Å²) >= 11 is 0. The Balaban J connectivity index is 2.32. The highest BCUT2D eigenvalue weighted by Crippen LogP contribution is 2.18. The van der Waals surface area contributed by atoms with E-state index in [9.17, 15) is 4.79 Å². The SMILES string of the molecule is Cc1nn(C)c(C)c1C(=O)N1CCCC1. The van der Waals surface area contributed by atoms with E-state index in [1.165, 1.54) is 0 Å². The molecule has 2 rings (SSSR count). The number of amides is 1. The Labute approximate surface area is 89.9 Å². The Kier molecular flexibility index (Phi) is 2.50. The highest BCUT2D eigenvalue weighted by molar-refractivity contribution is 5.96. The minimum Gasteiger partial charge on any atom is -0.339 e. The second kappa shape index (κ2) is 3.68. The second-order valence-electron chi connectivity index (χ2n) is 4.17. The Morgan fingerprint density at radius 3 is 2.33 bits per heavy atom. The van der Waals surface area contributed by atoms with Crippen molar-refractivity contribution in [1.82, 2.24) is 14.7 Å². The molecular weight excluding hydrogens is 190 g/mol. The van der Waals surface area contributed by atoms with Crippen LogP contribution in [-0.2, 0) is 7.05 Å². The van der Waals surface area contributed by atoms with Crippen LogP contribution in [0.15, 0.2) is 0 Å². The fraction of sp³-hybridized carbons (Fsp3) is 0.636. The highest BCUT2D eigenvalue weighted by Gasteiger charge is 2.24. The predicted molar refractivity (Wildman–Crippen MR) is 57.8 cm³/mol. The summed E-state index contributed by atoms with van der Waals surface area (Å²) < 4.78 is 1.78. The van der Waals surface area contributed by atoms with E-state index in [0.717, 1.165) is 42.9 Å². The lowest BCUT2D eigenvalue weighted by atomic mass is 10.2. The van der Waals surface area contributed by atoms with Crippen molar-refractivity contribution >= 4 is 5.91 Å². The zero-order valence-corrected chi connectivity index (χ0v) is 9.58. The first-order chi connectivity index (χ1) is 7.11. The molecule has 1 saturated heterocycles. The first-order valence-electron chi connectivity index (χ1n) is 5.40. The minimum absolute atomic E-state index is 0.149. The number of likely N-dealkylation sites (tertiary alicyclic amines) is 1. The van der Waals surface area contributed by atoms with Crippen molar-refractivity contribution in [2.45, 2.75) is 26.7 Å². The molecule has 0 aromatic carbocycles. The summed E-state index contributed by atoms with van der Waals surface area (Å²) in [6.07, 6.45) is 2.26. The molecule has 0 aliphatic carbocycles. The van der Waals surface area contributed by atoms with E-state index in [1.807, 2.05) is 25.8 Å². The van der Waals surface area contributed by atoms with E-state index in [0.29, 0.717) is 0 Å². The number of hydrogen-bond donors (Lipinski definition) is 0. The lowest BCUT2D eigenvalue weighted by Gasteiger charge is -2.15. The fourth-order valence-corrected chi connectivity index (χ4v) is 2.16. The van der Waals surface area contributed by atoms with Crippen LogP contribution in [0, 0.1) is 13.8 Å². The van der Waals surface area contributed by atoms with Crippen LogP contribution >= 0.6 is 0 Å². The number of nitrogens with zero attached hydrogens (tertiary/aromatic N) is 3. The summed E-state index contributed by atoms with van der Waals surface area (Å²) in [5, 5.41) is 4.27. The zero-order valence-electron chi connectivity index (χ0n) is 9.58. The summed E-state index contributed by atoms with van der Waals surface area (Å²) in [6, 6.07) is 0. The third-order valence-electron chi connectivity index (χ3n) is 3.12. The molecule has 0 saturated carbocycles. The van der Waals surface area contributed by atoms with Crippen LogP contribution in [0.4, 0.5) is 0 Å². The molecule has 4 heteroatoms. The van der Waals surface area contributed by atoms with Gasteiger partial charge in [-0.1, -0.05) is 0 Å². The molecule has 82 valence electrons. The van der Waals surface area contributed by atoms with E-state index in [4.69, 9.17) is 0 Å². The summed E-state index contributed by atoms with van der Waals surface area (Å²) in [5.41, 5.74) is 2.59. The molecule has 4 nitrogen and oxygen atoms in total. The second-order valence-corrected chi connectivity index (χ2v) is 4.17. The van der Waals surface area contributed by atoms with Gasteiger partial charge in [0.2, 0.25) is 0 Å². The number of aryl methyl sites for hydroxylation is 2. The van der Waals surface area contributed by atoms with Gasteiger partial charge >= 0.3 is 0 Å². The molecule has 0 radical (unpaired) electrons. The fourth-order valence-electron chi connectivity index (χ4n) is 2.16. The van der Waals surface area contributed by atoms with Crippen LogP contribution in [0.1, 0.15) is 34.6 Å². The van der Waals surface area contributed by atoms with Gasteiger partial charge in [-0.3, -0.25) is 9.48 Å². The maximum absolute atomic E-state index is 12.2. The van der Waals surface area contributed by atoms with Gasteiger partial charge < -0.3 is 4.90 Å². The molecule has 0 spiro atoms. The number of aromatic nitrogens is 2. The summed E-state index contributed by atoms with van der Waals surface area (Å²) in [6.45, 7) is 5.64. The summed E-state index contributed by atoms with van der Waals surface area (Å²) in [7, 11) is 1.88. The third kappa shape index (κ3) is 1.64. The van der Waals surface area contributed by atoms with E-state index < -0.39 is 0 Å². The molecule has 0 unspecified atom stereocenters. The average molecular weight is 207 g/mol. The molecule has 1 fully saturated rings. The van der Waals surface area contributed by atoms with Gasteiger partial charge in [0.1, 0.15) is 0 Å². The topological polar surface area (TPSA) is 38.1 Å². The summed E-state index contributed by atoms with van der Waals surface area (Å²) in [4.78, 5) is 14.1. The number of carbonyl (C=O) groups excluding carboxylic acids is 1. The average Bonchev–Trinajstić information content (AvgIpc) is 2.76. The number of carbonyl (C=O) groups is 1. The van der Waals surface area contributed by atoms with Gasteiger partial charge in [0, 0.05) is 25.8 Å². The molecule has 0 N–H and O–H groups in total. The first-order valence-corrected chi connectivity index (χ1v) is 5.40. The Morgan fingerprint density at radius 2 is 1.87 bits per heavy atom. The van der Waals surface area contributed by atoms with Crippen LogP contribution in [0.3, 0.4) is 0 Å². The molecule has 1 aliphatic rings. The smallest absolute Gasteiger partial charge is 0.257 e. The van der Waals surface area contributed by atoms with Gasteiger partial charge in [0.05, 0.1) is 11.3 Å². The van der Waals surface area contributed by atoms with E-state index in [1.54, 1.807) is 4.68 Å². The normalized spacial score (nSPS) is 16.1. The van der Waals surface area contributed by atoms with Gasteiger partial charge in [0.25, 0.3) is 5.91 Å². The van der Waals surface area contributed by atoms with Crippen molar-refractivity contribution in [1.29, 1.82) is 0 Å². The zero-order chi connectivity index (χ0) is 11.0.